The van der Waals surface area contributed by atoms with Gasteiger partial charge in [-0.25, -0.2) is 9.97 Å². The molecule has 0 bridgehead atoms. The monoisotopic (exact) mass is 479 g/mol. The Morgan fingerprint density at radius 3 is 2.88 bits per heavy atom. The first-order valence-electron chi connectivity index (χ1n) is 11.4. The van der Waals surface area contributed by atoms with Crippen molar-refractivity contribution in [2.75, 3.05) is 31.3 Å². The molecule has 178 valence electrons. The highest BCUT2D eigenvalue weighted by Crippen LogP contribution is 2.41. The van der Waals surface area contributed by atoms with E-state index in [1.807, 2.05) is 26.2 Å². The van der Waals surface area contributed by atoms with Crippen molar-refractivity contribution in [1.82, 2.24) is 25.1 Å². The Bertz CT molecular complexity index is 1370. The number of hydrogen-bond acceptors (Lipinski definition) is 8. The molecule has 4 N–H and O–H groups in total. The van der Waals surface area contributed by atoms with Crippen molar-refractivity contribution in [3.05, 3.63) is 35.1 Å². The van der Waals surface area contributed by atoms with Crippen LogP contribution in [-0.4, -0.2) is 62.3 Å². The van der Waals surface area contributed by atoms with Crippen LogP contribution in [0.2, 0.25) is 0 Å². The van der Waals surface area contributed by atoms with Crippen LogP contribution in [0, 0.1) is 5.92 Å². The molecule has 0 aliphatic heterocycles. The lowest BCUT2D eigenvalue weighted by Crippen LogP contribution is -2.32. The van der Waals surface area contributed by atoms with Gasteiger partial charge in [-0.05, 0) is 50.8 Å². The van der Waals surface area contributed by atoms with Crippen molar-refractivity contribution in [3.8, 4) is 0 Å². The van der Waals surface area contributed by atoms with Crippen LogP contribution in [0.3, 0.4) is 0 Å². The zero-order valence-corrected chi connectivity index (χ0v) is 20.6. The Hall–Kier alpha value is -3.24. The summed E-state index contributed by atoms with van der Waals surface area (Å²) >= 11 is 1.65. The summed E-state index contributed by atoms with van der Waals surface area (Å²) in [6, 6.07) is 4.00. The zero-order chi connectivity index (χ0) is 24.0. The molecule has 0 fully saturated rings. The lowest BCUT2D eigenvalue weighted by Gasteiger charge is -2.24. The maximum atomic E-state index is 12.5. The molecular formula is C24H29N7O2S. The van der Waals surface area contributed by atoms with E-state index in [-0.39, 0.29) is 11.8 Å². The Morgan fingerprint density at radius 2 is 2.12 bits per heavy atom. The molecule has 9 nitrogen and oxygen atoms in total. The third-order valence-electron chi connectivity index (χ3n) is 6.18. The van der Waals surface area contributed by atoms with Gasteiger partial charge in [0.25, 0.3) is 0 Å². The molecule has 0 unspecified atom stereocenters. The first-order valence-corrected chi connectivity index (χ1v) is 12.2. The predicted molar refractivity (Wildman–Crippen MR) is 136 cm³/mol. The summed E-state index contributed by atoms with van der Waals surface area (Å²) in [5.41, 5.74) is 2.96. The molecule has 5 rings (SSSR count). The summed E-state index contributed by atoms with van der Waals surface area (Å²) in [5, 5.41) is 26.2. The van der Waals surface area contributed by atoms with Gasteiger partial charge in [0.2, 0.25) is 5.91 Å². The van der Waals surface area contributed by atoms with E-state index >= 15 is 0 Å². The van der Waals surface area contributed by atoms with Gasteiger partial charge in [-0.3, -0.25) is 9.89 Å². The Kier molecular flexibility index (Phi) is 5.65. The molecule has 4 aromatic rings. The maximum Gasteiger partial charge on any atom is 0.225 e. The number of anilines is 3. The summed E-state index contributed by atoms with van der Waals surface area (Å²) in [5.74, 6) is 0.943. The Morgan fingerprint density at radius 1 is 1.29 bits per heavy atom. The largest absolute Gasteiger partial charge is 0.389 e. The molecular weight excluding hydrogens is 450 g/mol. The average molecular weight is 480 g/mol. The van der Waals surface area contributed by atoms with Gasteiger partial charge in [0.05, 0.1) is 34.1 Å². The number of nitrogens with one attached hydrogen (secondary N) is 3. The second-order valence-electron chi connectivity index (χ2n) is 9.72. The number of thiophene rings is 1. The molecule has 3 aromatic heterocycles. The zero-order valence-electron chi connectivity index (χ0n) is 19.8. The number of aromatic amines is 1. The Balaban J connectivity index is 1.52. The SMILES string of the molecule is CN(C)C(=O)[C@H]1CCc2c(sc3ncnc(Nc4cc5cn[nH]c5cc4NCC(C)(C)O)c23)C1. The number of H-pyrrole nitrogens is 1. The minimum Gasteiger partial charge on any atom is -0.389 e. The fraction of sp³-hybridized carbons (Fsp3) is 0.417. The molecule has 0 saturated carbocycles. The van der Waals surface area contributed by atoms with Crippen LogP contribution in [0.5, 0.6) is 0 Å². The number of amides is 1. The molecule has 0 saturated heterocycles. The van der Waals surface area contributed by atoms with Crippen molar-refractivity contribution < 1.29 is 9.90 Å². The van der Waals surface area contributed by atoms with Gasteiger partial charge in [-0.1, -0.05) is 0 Å². The molecule has 1 aromatic carbocycles. The molecule has 1 aliphatic rings. The molecule has 1 atom stereocenters. The van der Waals surface area contributed by atoms with Crippen LogP contribution in [0.25, 0.3) is 21.1 Å². The number of fused-ring (bicyclic) bond motifs is 4. The van der Waals surface area contributed by atoms with Crippen molar-refractivity contribution in [2.45, 2.75) is 38.7 Å². The van der Waals surface area contributed by atoms with Gasteiger partial charge in [0.15, 0.2) is 0 Å². The number of carbonyl (C=O) groups excluding carboxylic acids is 1. The number of benzene rings is 1. The van der Waals surface area contributed by atoms with E-state index in [0.717, 1.165) is 57.6 Å². The second kappa shape index (κ2) is 8.52. The van der Waals surface area contributed by atoms with Crippen LogP contribution in [-0.2, 0) is 17.6 Å². The van der Waals surface area contributed by atoms with Crippen LogP contribution in [0.15, 0.2) is 24.7 Å². The number of rotatable bonds is 6. The van der Waals surface area contributed by atoms with E-state index in [9.17, 15) is 9.90 Å². The first-order chi connectivity index (χ1) is 16.2. The molecule has 1 amide bonds. The lowest BCUT2D eigenvalue weighted by molar-refractivity contribution is -0.133. The summed E-state index contributed by atoms with van der Waals surface area (Å²) in [6.07, 6.45) is 5.75. The number of carbonyl (C=O) groups is 1. The van der Waals surface area contributed by atoms with Crippen molar-refractivity contribution >= 4 is 55.6 Å². The van der Waals surface area contributed by atoms with Crippen LogP contribution in [0.4, 0.5) is 17.2 Å². The van der Waals surface area contributed by atoms with Gasteiger partial charge in [-0.15, -0.1) is 11.3 Å². The van der Waals surface area contributed by atoms with E-state index in [4.69, 9.17) is 0 Å². The number of hydrogen-bond donors (Lipinski definition) is 4. The fourth-order valence-electron chi connectivity index (χ4n) is 4.46. The highest BCUT2D eigenvalue weighted by Gasteiger charge is 2.30. The predicted octanol–water partition coefficient (Wildman–Crippen LogP) is 3.69. The average Bonchev–Trinajstić information content (AvgIpc) is 3.39. The summed E-state index contributed by atoms with van der Waals surface area (Å²) < 4.78 is 0. The smallest absolute Gasteiger partial charge is 0.225 e. The first kappa shape index (κ1) is 22.5. The van der Waals surface area contributed by atoms with E-state index in [0.29, 0.717) is 6.54 Å². The number of aromatic nitrogens is 4. The quantitative estimate of drug-likeness (QED) is 0.333. The summed E-state index contributed by atoms with van der Waals surface area (Å²) in [4.78, 5) is 25.5. The highest BCUT2D eigenvalue weighted by molar-refractivity contribution is 7.19. The van der Waals surface area contributed by atoms with Crippen LogP contribution < -0.4 is 10.6 Å². The highest BCUT2D eigenvalue weighted by atomic mass is 32.1. The van der Waals surface area contributed by atoms with Gasteiger partial charge >= 0.3 is 0 Å². The summed E-state index contributed by atoms with van der Waals surface area (Å²) in [6.45, 7) is 3.92. The van der Waals surface area contributed by atoms with E-state index in [1.54, 1.807) is 42.6 Å². The normalized spacial score (nSPS) is 16.0. The van der Waals surface area contributed by atoms with Crippen LogP contribution in [0.1, 0.15) is 30.7 Å². The minimum atomic E-state index is -0.866. The standard InChI is InChI=1S/C24H29N7O2S/c1-24(2,33)11-25-17-9-16-14(10-28-30-16)7-18(17)29-21-20-15-6-5-13(23(32)31(3)4)8-19(15)34-22(20)27-12-26-21/h7,9-10,12-13,25,33H,5-6,8,11H2,1-4H3,(H,28,30)(H,26,27,29)/t13-/m0/s1. The van der Waals surface area contributed by atoms with Crippen LogP contribution >= 0.6 is 11.3 Å². The molecule has 0 spiro atoms. The second-order valence-corrected chi connectivity index (χ2v) is 10.8. The number of aryl methyl sites for hydroxylation is 1. The van der Waals surface area contributed by atoms with Gasteiger partial charge in [-0.2, -0.15) is 5.10 Å². The van der Waals surface area contributed by atoms with Gasteiger partial charge in [0, 0.05) is 36.8 Å². The molecule has 10 heteroatoms. The molecule has 0 radical (unpaired) electrons. The maximum absolute atomic E-state index is 12.5. The van der Waals surface area contributed by atoms with E-state index in [2.05, 4.69) is 30.8 Å². The molecule has 34 heavy (non-hydrogen) atoms. The van der Waals surface area contributed by atoms with Gasteiger partial charge < -0.3 is 20.6 Å². The minimum absolute atomic E-state index is 0.0149. The third-order valence-corrected chi connectivity index (χ3v) is 7.34. The van der Waals surface area contributed by atoms with Gasteiger partial charge in [0.1, 0.15) is 17.0 Å². The van der Waals surface area contributed by atoms with Crippen molar-refractivity contribution in [1.29, 1.82) is 0 Å². The van der Waals surface area contributed by atoms with Crippen molar-refractivity contribution in [2.24, 2.45) is 5.92 Å². The van der Waals surface area contributed by atoms with E-state index < -0.39 is 5.60 Å². The van der Waals surface area contributed by atoms with E-state index in [1.165, 1.54) is 10.4 Å². The number of aliphatic hydroxyl groups is 1. The topological polar surface area (TPSA) is 119 Å². The molecule has 3 heterocycles. The van der Waals surface area contributed by atoms with Crippen molar-refractivity contribution in [3.63, 3.8) is 0 Å². The summed E-state index contributed by atoms with van der Waals surface area (Å²) in [7, 11) is 3.63. The third kappa shape index (κ3) is 4.30. The number of nitrogens with zero attached hydrogens (tertiary/aromatic N) is 4. The Labute approximate surface area is 201 Å². The lowest BCUT2D eigenvalue weighted by atomic mass is 9.87. The fourth-order valence-corrected chi connectivity index (χ4v) is 5.73. The molecule has 1 aliphatic carbocycles.